The maximum atomic E-state index is 14.1. The van der Waals surface area contributed by atoms with E-state index < -0.39 is 0 Å². The van der Waals surface area contributed by atoms with E-state index in [9.17, 15) is 9.18 Å². The third kappa shape index (κ3) is 5.94. The summed E-state index contributed by atoms with van der Waals surface area (Å²) in [7, 11) is 1.71. The Balaban J connectivity index is 0.00000300. The maximum absolute atomic E-state index is 14.1. The molecule has 1 aromatic carbocycles. The average molecular weight is 514 g/mol. The van der Waals surface area contributed by atoms with Gasteiger partial charge in [0.05, 0.1) is 6.26 Å². The monoisotopic (exact) mass is 514 g/mol. The second-order valence-electron chi connectivity index (χ2n) is 7.15. The van der Waals surface area contributed by atoms with Crippen molar-refractivity contribution in [3.8, 4) is 0 Å². The number of nitrogens with zero attached hydrogens (tertiary/aromatic N) is 1. The summed E-state index contributed by atoms with van der Waals surface area (Å²) in [5, 5.41) is 9.36. The van der Waals surface area contributed by atoms with E-state index in [-0.39, 0.29) is 41.1 Å². The fraction of sp³-hybridized carbons (Fsp3) is 0.429. The van der Waals surface area contributed by atoms with Gasteiger partial charge in [-0.05, 0) is 43.9 Å². The van der Waals surface area contributed by atoms with Crippen LogP contribution in [0.5, 0.6) is 0 Å². The Bertz CT molecular complexity index is 849. The van der Waals surface area contributed by atoms with E-state index in [0.29, 0.717) is 31.4 Å². The summed E-state index contributed by atoms with van der Waals surface area (Å²) in [6, 6.07) is 8.74. The highest BCUT2D eigenvalue weighted by Crippen LogP contribution is 2.48. The number of aliphatic imine (C=N–C) groups is 1. The molecule has 1 heterocycles. The van der Waals surface area contributed by atoms with Gasteiger partial charge in [0.2, 0.25) is 0 Å². The molecule has 0 bridgehead atoms. The molecule has 8 heteroatoms. The zero-order chi connectivity index (χ0) is 20.0. The number of guanidine groups is 1. The molecular weight excluding hydrogens is 486 g/mol. The zero-order valence-corrected chi connectivity index (χ0v) is 19.1. The Morgan fingerprint density at radius 2 is 1.90 bits per heavy atom. The molecule has 0 unspecified atom stereocenters. The predicted molar refractivity (Wildman–Crippen MR) is 122 cm³/mol. The summed E-state index contributed by atoms with van der Waals surface area (Å²) >= 11 is 0. The van der Waals surface area contributed by atoms with Crippen molar-refractivity contribution in [1.29, 1.82) is 0 Å². The number of amides is 1. The van der Waals surface area contributed by atoms with Gasteiger partial charge in [-0.3, -0.25) is 9.79 Å². The lowest BCUT2D eigenvalue weighted by atomic mass is 9.95. The molecule has 0 aliphatic heterocycles. The smallest absolute Gasteiger partial charge is 0.287 e. The van der Waals surface area contributed by atoms with Gasteiger partial charge in [0.15, 0.2) is 11.7 Å². The Morgan fingerprint density at radius 1 is 1.17 bits per heavy atom. The van der Waals surface area contributed by atoms with Crippen molar-refractivity contribution in [1.82, 2.24) is 16.0 Å². The van der Waals surface area contributed by atoms with E-state index in [1.807, 2.05) is 19.1 Å². The van der Waals surface area contributed by atoms with Gasteiger partial charge < -0.3 is 20.4 Å². The molecule has 1 amide bonds. The summed E-state index contributed by atoms with van der Waals surface area (Å²) in [5.74, 6) is 0.682. The van der Waals surface area contributed by atoms with Crippen LogP contribution in [0.15, 0.2) is 46.0 Å². The molecule has 3 N–H and O–H groups in total. The third-order valence-corrected chi connectivity index (χ3v) is 5.12. The van der Waals surface area contributed by atoms with E-state index in [4.69, 9.17) is 4.42 Å². The lowest BCUT2D eigenvalue weighted by Crippen LogP contribution is -2.42. The van der Waals surface area contributed by atoms with Crippen molar-refractivity contribution < 1.29 is 13.6 Å². The van der Waals surface area contributed by atoms with Crippen molar-refractivity contribution >= 4 is 35.8 Å². The van der Waals surface area contributed by atoms with Crippen molar-refractivity contribution in [2.75, 3.05) is 26.7 Å². The molecule has 1 aromatic heterocycles. The van der Waals surface area contributed by atoms with E-state index in [1.54, 1.807) is 19.2 Å². The summed E-state index contributed by atoms with van der Waals surface area (Å²) in [6.45, 7) is 3.66. The molecule has 1 aliphatic rings. The second-order valence-corrected chi connectivity index (χ2v) is 7.15. The van der Waals surface area contributed by atoms with Crippen LogP contribution in [0.3, 0.4) is 0 Å². The van der Waals surface area contributed by atoms with Gasteiger partial charge >= 0.3 is 0 Å². The summed E-state index contributed by atoms with van der Waals surface area (Å²) in [4.78, 5) is 16.2. The summed E-state index contributed by atoms with van der Waals surface area (Å²) in [6.07, 6.45) is 4.19. The number of nitrogens with one attached hydrogen (secondary N) is 3. The number of benzene rings is 1. The molecule has 0 radical (unpaired) electrons. The first kappa shape index (κ1) is 23.2. The van der Waals surface area contributed by atoms with Crippen LogP contribution in [0.2, 0.25) is 0 Å². The highest BCUT2D eigenvalue weighted by Gasteiger charge is 2.45. The molecule has 2 aromatic rings. The molecular formula is C21H28FIN4O2. The Labute approximate surface area is 187 Å². The molecule has 6 nitrogen and oxygen atoms in total. The number of halogens is 2. The molecule has 3 rings (SSSR count). The molecule has 0 spiro atoms. The molecule has 29 heavy (non-hydrogen) atoms. The van der Waals surface area contributed by atoms with Gasteiger partial charge in [0.25, 0.3) is 5.91 Å². The molecule has 1 aliphatic carbocycles. The summed E-state index contributed by atoms with van der Waals surface area (Å²) in [5.41, 5.74) is 1.45. The number of furan rings is 1. The Kier molecular flexibility index (Phi) is 8.48. The fourth-order valence-electron chi connectivity index (χ4n) is 3.24. The van der Waals surface area contributed by atoms with Crippen molar-refractivity contribution in [2.24, 2.45) is 4.99 Å². The first-order chi connectivity index (χ1) is 13.6. The van der Waals surface area contributed by atoms with Gasteiger partial charge in [-0.1, -0.05) is 18.2 Å². The normalized spacial score (nSPS) is 14.7. The van der Waals surface area contributed by atoms with Crippen molar-refractivity contribution in [3.05, 3.63) is 59.3 Å². The van der Waals surface area contributed by atoms with E-state index >= 15 is 0 Å². The number of hydrogen-bond donors (Lipinski definition) is 3. The number of aryl methyl sites for hydroxylation is 1. The quantitative estimate of drug-likeness (QED) is 0.219. The van der Waals surface area contributed by atoms with Gasteiger partial charge in [-0.15, -0.1) is 24.0 Å². The SMILES string of the molecule is CN=C(NCCCNC(=O)c1occc1C)NCC1(c2ccccc2F)CC1.I. The predicted octanol–water partition coefficient (Wildman–Crippen LogP) is 3.36. The third-order valence-electron chi connectivity index (χ3n) is 5.12. The lowest BCUT2D eigenvalue weighted by Gasteiger charge is -2.19. The number of carbonyl (C=O) groups is 1. The van der Waals surface area contributed by atoms with E-state index in [1.165, 1.54) is 12.3 Å². The highest BCUT2D eigenvalue weighted by molar-refractivity contribution is 14.0. The van der Waals surface area contributed by atoms with Crippen molar-refractivity contribution in [3.63, 3.8) is 0 Å². The number of rotatable bonds is 8. The van der Waals surface area contributed by atoms with E-state index in [0.717, 1.165) is 30.4 Å². The van der Waals surface area contributed by atoms with Crippen LogP contribution in [0.4, 0.5) is 4.39 Å². The number of hydrogen-bond acceptors (Lipinski definition) is 3. The highest BCUT2D eigenvalue weighted by atomic mass is 127. The van der Waals surface area contributed by atoms with Crippen LogP contribution in [-0.4, -0.2) is 38.5 Å². The van der Waals surface area contributed by atoms with Gasteiger partial charge in [0, 0.05) is 37.7 Å². The molecule has 0 saturated heterocycles. The minimum atomic E-state index is -0.203. The van der Waals surface area contributed by atoms with Crippen LogP contribution in [-0.2, 0) is 5.41 Å². The standard InChI is InChI=1S/C21H27FN4O2.HI/c1-15-8-13-28-18(15)19(27)24-11-5-12-25-20(23-2)26-14-21(9-10-21)16-6-3-4-7-17(16)22;/h3-4,6-8,13H,5,9-12,14H2,1-2H3,(H,24,27)(H2,23,25,26);1H. The zero-order valence-electron chi connectivity index (χ0n) is 16.8. The fourth-order valence-corrected chi connectivity index (χ4v) is 3.24. The van der Waals surface area contributed by atoms with Crippen LogP contribution in [0, 0.1) is 12.7 Å². The summed E-state index contributed by atoms with van der Waals surface area (Å²) < 4.78 is 19.3. The van der Waals surface area contributed by atoms with Crippen LogP contribution >= 0.6 is 24.0 Å². The minimum Gasteiger partial charge on any atom is -0.459 e. The van der Waals surface area contributed by atoms with Gasteiger partial charge in [-0.25, -0.2) is 4.39 Å². The van der Waals surface area contributed by atoms with Crippen molar-refractivity contribution in [2.45, 2.75) is 31.6 Å². The first-order valence-electron chi connectivity index (χ1n) is 9.57. The van der Waals surface area contributed by atoms with E-state index in [2.05, 4.69) is 20.9 Å². The number of carbonyl (C=O) groups excluding carboxylic acids is 1. The van der Waals surface area contributed by atoms with Crippen LogP contribution in [0.1, 0.15) is 40.9 Å². The molecule has 1 saturated carbocycles. The van der Waals surface area contributed by atoms with Crippen LogP contribution in [0.25, 0.3) is 0 Å². The molecule has 1 fully saturated rings. The maximum Gasteiger partial charge on any atom is 0.287 e. The van der Waals surface area contributed by atoms with Gasteiger partial charge in [-0.2, -0.15) is 0 Å². The Morgan fingerprint density at radius 3 is 2.52 bits per heavy atom. The topological polar surface area (TPSA) is 78.7 Å². The Hall–Kier alpha value is -2.10. The van der Waals surface area contributed by atoms with Crippen LogP contribution < -0.4 is 16.0 Å². The largest absolute Gasteiger partial charge is 0.459 e. The second kappa shape index (κ2) is 10.6. The first-order valence-corrected chi connectivity index (χ1v) is 9.57. The average Bonchev–Trinajstić information content (AvgIpc) is 3.36. The minimum absolute atomic E-state index is 0. The molecule has 158 valence electrons. The molecule has 0 atom stereocenters. The lowest BCUT2D eigenvalue weighted by molar-refractivity contribution is 0.0925. The van der Waals surface area contributed by atoms with Gasteiger partial charge in [0.1, 0.15) is 5.82 Å².